The second-order valence-electron chi connectivity index (χ2n) is 8.47. The summed E-state index contributed by atoms with van der Waals surface area (Å²) in [5.41, 5.74) is 6.45. The molecule has 4 aromatic carbocycles. The van der Waals surface area contributed by atoms with Crippen LogP contribution in [-0.4, -0.2) is 12.0 Å². The summed E-state index contributed by atoms with van der Waals surface area (Å²) >= 11 is 0. The van der Waals surface area contributed by atoms with Crippen LogP contribution in [0.25, 0.3) is 11.1 Å². The van der Waals surface area contributed by atoms with Gasteiger partial charge in [-0.3, -0.25) is 4.79 Å². The number of benzene rings is 4. The van der Waals surface area contributed by atoms with Gasteiger partial charge in [-0.1, -0.05) is 97.1 Å². The minimum atomic E-state index is -0.181. The molecule has 3 nitrogen and oxygen atoms in total. The maximum absolute atomic E-state index is 13.2. The molecule has 0 aromatic heterocycles. The van der Waals surface area contributed by atoms with E-state index in [4.69, 9.17) is 4.74 Å². The fourth-order valence-electron chi connectivity index (χ4n) is 4.53. The molecule has 3 heteroatoms. The maximum Gasteiger partial charge on any atom is 0.251 e. The Bertz CT molecular complexity index is 1200. The molecule has 1 aliphatic rings. The highest BCUT2D eigenvalue weighted by molar-refractivity contribution is 5.95. The van der Waals surface area contributed by atoms with Crippen molar-refractivity contribution in [3.05, 3.63) is 131 Å². The highest BCUT2D eigenvalue weighted by atomic mass is 16.5. The first-order valence-electron chi connectivity index (χ1n) is 11.5. The molecule has 0 unspecified atom stereocenters. The van der Waals surface area contributed by atoms with Crippen LogP contribution in [0.1, 0.15) is 39.5 Å². The van der Waals surface area contributed by atoms with Crippen molar-refractivity contribution >= 4 is 5.91 Å². The molecule has 0 aliphatic heterocycles. The monoisotopic (exact) mass is 433 g/mol. The van der Waals surface area contributed by atoms with Gasteiger partial charge in [0.2, 0.25) is 0 Å². The van der Waals surface area contributed by atoms with E-state index in [0.29, 0.717) is 12.2 Å². The Morgan fingerprint density at radius 1 is 0.758 bits per heavy atom. The molecule has 1 aliphatic carbocycles. The summed E-state index contributed by atoms with van der Waals surface area (Å²) in [7, 11) is 0. The standard InChI is InChI=1S/C30H27NO2/c32-30(26-17-15-24(16-18-26)23-11-5-2-6-12-23)31-29-27-14-8-7-13-25(27)19-20-28(29)33-21-22-9-3-1-4-10-22/h1-18,28-29H,19-21H2,(H,31,32)/t28-,29+/m0/s1. The molecule has 0 saturated carbocycles. The molecular formula is C30H27NO2. The van der Waals surface area contributed by atoms with Crippen molar-refractivity contribution in [2.24, 2.45) is 0 Å². The number of hydrogen-bond acceptors (Lipinski definition) is 2. The fraction of sp³-hybridized carbons (Fsp3) is 0.167. The van der Waals surface area contributed by atoms with E-state index in [2.05, 4.69) is 47.8 Å². The summed E-state index contributed by atoms with van der Waals surface area (Å²) in [5.74, 6) is -0.0791. The second kappa shape index (κ2) is 9.85. The average molecular weight is 434 g/mol. The van der Waals surface area contributed by atoms with Crippen molar-refractivity contribution < 1.29 is 9.53 Å². The molecule has 0 saturated heterocycles. The van der Waals surface area contributed by atoms with E-state index in [1.54, 1.807) is 0 Å². The third-order valence-electron chi connectivity index (χ3n) is 6.31. The van der Waals surface area contributed by atoms with Gasteiger partial charge < -0.3 is 10.1 Å². The van der Waals surface area contributed by atoms with E-state index in [0.717, 1.165) is 35.1 Å². The number of carbonyl (C=O) groups excluding carboxylic acids is 1. The van der Waals surface area contributed by atoms with Crippen LogP contribution >= 0.6 is 0 Å². The number of rotatable bonds is 6. The Kier molecular flexibility index (Phi) is 6.32. The SMILES string of the molecule is O=C(N[C@@H]1c2ccccc2CC[C@@H]1OCc1ccccc1)c1ccc(-c2ccccc2)cc1. The molecule has 5 rings (SSSR count). The minimum absolute atomic E-state index is 0.0763. The molecule has 33 heavy (non-hydrogen) atoms. The molecule has 0 heterocycles. The normalized spacial score (nSPS) is 17.2. The number of aryl methyl sites for hydroxylation is 1. The zero-order chi connectivity index (χ0) is 22.5. The highest BCUT2D eigenvalue weighted by Crippen LogP contribution is 2.33. The molecule has 164 valence electrons. The zero-order valence-corrected chi connectivity index (χ0v) is 18.5. The van der Waals surface area contributed by atoms with Gasteiger partial charge in [0.15, 0.2) is 0 Å². The van der Waals surface area contributed by atoms with Crippen LogP contribution in [0.5, 0.6) is 0 Å². The lowest BCUT2D eigenvalue weighted by molar-refractivity contribution is 0.00471. The minimum Gasteiger partial charge on any atom is -0.371 e. The summed E-state index contributed by atoms with van der Waals surface area (Å²) < 4.78 is 6.34. The number of ether oxygens (including phenoxy) is 1. The van der Waals surface area contributed by atoms with Gasteiger partial charge >= 0.3 is 0 Å². The van der Waals surface area contributed by atoms with E-state index in [1.165, 1.54) is 5.56 Å². The van der Waals surface area contributed by atoms with Crippen molar-refractivity contribution in [2.75, 3.05) is 0 Å². The van der Waals surface area contributed by atoms with Crippen LogP contribution in [0.15, 0.2) is 109 Å². The van der Waals surface area contributed by atoms with Crippen LogP contribution < -0.4 is 5.32 Å². The third-order valence-corrected chi connectivity index (χ3v) is 6.31. The number of hydrogen-bond donors (Lipinski definition) is 1. The Labute approximate surface area is 195 Å². The molecule has 4 aromatic rings. The summed E-state index contributed by atoms with van der Waals surface area (Å²) in [4.78, 5) is 13.2. The van der Waals surface area contributed by atoms with Crippen molar-refractivity contribution in [1.29, 1.82) is 0 Å². The van der Waals surface area contributed by atoms with E-state index in [1.807, 2.05) is 66.7 Å². The number of fused-ring (bicyclic) bond motifs is 1. The van der Waals surface area contributed by atoms with Crippen LogP contribution in [0.3, 0.4) is 0 Å². The average Bonchev–Trinajstić information content (AvgIpc) is 2.89. The van der Waals surface area contributed by atoms with Gasteiger partial charge in [0, 0.05) is 5.56 Å². The van der Waals surface area contributed by atoms with E-state index >= 15 is 0 Å². The summed E-state index contributed by atoms with van der Waals surface area (Å²) in [6.45, 7) is 0.534. The number of carbonyl (C=O) groups is 1. The molecule has 0 radical (unpaired) electrons. The maximum atomic E-state index is 13.2. The highest BCUT2D eigenvalue weighted by Gasteiger charge is 2.31. The van der Waals surface area contributed by atoms with Crippen LogP contribution in [0.2, 0.25) is 0 Å². The number of amides is 1. The summed E-state index contributed by atoms with van der Waals surface area (Å²) in [5, 5.41) is 3.27. The van der Waals surface area contributed by atoms with Gasteiger partial charge in [0.05, 0.1) is 18.8 Å². The quantitative estimate of drug-likeness (QED) is 0.384. The van der Waals surface area contributed by atoms with Gasteiger partial charge in [0.1, 0.15) is 0 Å². The van der Waals surface area contributed by atoms with Crippen molar-refractivity contribution in [2.45, 2.75) is 31.6 Å². The fourth-order valence-corrected chi connectivity index (χ4v) is 4.53. The number of nitrogens with one attached hydrogen (secondary N) is 1. The first-order chi connectivity index (χ1) is 16.3. The van der Waals surface area contributed by atoms with Crippen molar-refractivity contribution in [3.63, 3.8) is 0 Å². The molecule has 1 N–H and O–H groups in total. The molecule has 1 amide bonds. The first kappa shape index (κ1) is 21.2. The van der Waals surface area contributed by atoms with Crippen LogP contribution in [0, 0.1) is 0 Å². The molecule has 0 spiro atoms. The van der Waals surface area contributed by atoms with E-state index in [-0.39, 0.29) is 18.1 Å². The van der Waals surface area contributed by atoms with Crippen LogP contribution in [0.4, 0.5) is 0 Å². The summed E-state index contributed by atoms with van der Waals surface area (Å²) in [6.07, 6.45) is 1.75. The predicted molar refractivity (Wildman–Crippen MR) is 132 cm³/mol. The van der Waals surface area contributed by atoms with Gasteiger partial charge in [-0.25, -0.2) is 0 Å². The van der Waals surface area contributed by atoms with Gasteiger partial charge in [-0.15, -0.1) is 0 Å². The molecule has 0 bridgehead atoms. The van der Waals surface area contributed by atoms with Crippen molar-refractivity contribution in [1.82, 2.24) is 5.32 Å². The smallest absolute Gasteiger partial charge is 0.251 e. The Balaban J connectivity index is 1.34. The van der Waals surface area contributed by atoms with Crippen LogP contribution in [-0.2, 0) is 17.8 Å². The first-order valence-corrected chi connectivity index (χ1v) is 11.5. The lowest BCUT2D eigenvalue weighted by Crippen LogP contribution is -2.40. The Hall–Kier alpha value is -3.69. The van der Waals surface area contributed by atoms with E-state index < -0.39 is 0 Å². The third kappa shape index (κ3) is 4.89. The van der Waals surface area contributed by atoms with E-state index in [9.17, 15) is 4.79 Å². The van der Waals surface area contributed by atoms with Gasteiger partial charge in [0.25, 0.3) is 5.91 Å². The molecule has 2 atom stereocenters. The van der Waals surface area contributed by atoms with Gasteiger partial charge in [-0.05, 0) is 52.8 Å². The molecular weight excluding hydrogens is 406 g/mol. The molecule has 0 fully saturated rings. The predicted octanol–water partition coefficient (Wildman–Crippen LogP) is 6.36. The largest absolute Gasteiger partial charge is 0.371 e. The topological polar surface area (TPSA) is 38.3 Å². The Morgan fingerprint density at radius 3 is 2.15 bits per heavy atom. The lowest BCUT2D eigenvalue weighted by Gasteiger charge is -2.34. The van der Waals surface area contributed by atoms with Crippen molar-refractivity contribution in [3.8, 4) is 11.1 Å². The zero-order valence-electron chi connectivity index (χ0n) is 18.5. The van der Waals surface area contributed by atoms with Gasteiger partial charge in [-0.2, -0.15) is 0 Å². The summed E-state index contributed by atoms with van der Waals surface area (Å²) in [6, 6.07) is 36.3. The Morgan fingerprint density at radius 2 is 1.39 bits per heavy atom. The second-order valence-corrected chi connectivity index (χ2v) is 8.47. The lowest BCUT2D eigenvalue weighted by atomic mass is 9.85.